The number of carboxylic acid groups (broad SMARTS) is 1. The molecule has 0 aromatic carbocycles. The fourth-order valence-corrected chi connectivity index (χ4v) is 0.442. The van der Waals surface area contributed by atoms with Crippen LogP contribution in [0.2, 0.25) is 0 Å². The van der Waals surface area contributed by atoms with Crippen LogP contribution >= 0.6 is 0 Å². The van der Waals surface area contributed by atoms with Gasteiger partial charge in [0.2, 0.25) is 0 Å². The summed E-state index contributed by atoms with van der Waals surface area (Å²) in [7, 11) is 1.39. The molecule has 1 unspecified atom stereocenters. The zero-order chi connectivity index (χ0) is 8.57. The van der Waals surface area contributed by atoms with Crippen LogP contribution in [0.4, 0.5) is 0 Å². The van der Waals surface area contributed by atoms with Gasteiger partial charge in [-0.15, -0.1) is 0 Å². The van der Waals surface area contributed by atoms with Gasteiger partial charge in [0.1, 0.15) is 0 Å². The second-order valence-corrected chi connectivity index (χ2v) is 1.47. The average molecular weight is 148 g/mol. The SMILES string of the molecule is CC.CCC(OC)C(=O)O. The van der Waals surface area contributed by atoms with Gasteiger partial charge >= 0.3 is 5.97 Å². The van der Waals surface area contributed by atoms with Crippen molar-refractivity contribution >= 4 is 5.97 Å². The Morgan fingerprint density at radius 3 is 2.00 bits per heavy atom. The monoisotopic (exact) mass is 148 g/mol. The van der Waals surface area contributed by atoms with Crippen molar-refractivity contribution in [1.29, 1.82) is 0 Å². The van der Waals surface area contributed by atoms with Gasteiger partial charge in [-0.2, -0.15) is 0 Å². The van der Waals surface area contributed by atoms with Gasteiger partial charge in [0.25, 0.3) is 0 Å². The van der Waals surface area contributed by atoms with Crippen LogP contribution in [0.3, 0.4) is 0 Å². The van der Waals surface area contributed by atoms with Crippen molar-refractivity contribution in [2.24, 2.45) is 0 Å². The molecular formula is C7H16O3. The quantitative estimate of drug-likeness (QED) is 0.660. The highest BCUT2D eigenvalue weighted by molar-refractivity contribution is 5.72. The Hall–Kier alpha value is -0.570. The standard InChI is InChI=1S/C5H10O3.C2H6/c1-3-4(8-2)5(6)7;1-2/h4H,3H2,1-2H3,(H,6,7);1-2H3. The molecule has 0 aliphatic heterocycles. The van der Waals surface area contributed by atoms with Crippen molar-refractivity contribution in [1.82, 2.24) is 0 Å². The van der Waals surface area contributed by atoms with E-state index in [1.165, 1.54) is 7.11 Å². The number of aliphatic carboxylic acids is 1. The summed E-state index contributed by atoms with van der Waals surface area (Å²) in [6, 6.07) is 0. The van der Waals surface area contributed by atoms with Crippen molar-refractivity contribution < 1.29 is 14.6 Å². The summed E-state index contributed by atoms with van der Waals surface area (Å²) in [5.74, 6) is -0.894. The summed E-state index contributed by atoms with van der Waals surface area (Å²) >= 11 is 0. The van der Waals surface area contributed by atoms with E-state index in [4.69, 9.17) is 5.11 Å². The number of methoxy groups -OCH3 is 1. The normalized spacial score (nSPS) is 11.2. The molecule has 10 heavy (non-hydrogen) atoms. The van der Waals surface area contributed by atoms with Crippen LogP contribution in [0, 0.1) is 0 Å². The molecule has 0 aliphatic carbocycles. The molecule has 3 heteroatoms. The molecule has 1 N–H and O–H groups in total. The van der Waals surface area contributed by atoms with Crippen molar-refractivity contribution in [3.63, 3.8) is 0 Å². The minimum Gasteiger partial charge on any atom is -0.479 e. The van der Waals surface area contributed by atoms with E-state index in [2.05, 4.69) is 4.74 Å². The maximum Gasteiger partial charge on any atom is 0.332 e. The molecule has 0 spiro atoms. The molecule has 0 fully saturated rings. The molecule has 0 saturated carbocycles. The van der Waals surface area contributed by atoms with E-state index >= 15 is 0 Å². The number of hydrogen-bond donors (Lipinski definition) is 1. The Balaban J connectivity index is 0. The first-order valence-corrected chi connectivity index (χ1v) is 3.48. The minimum atomic E-state index is -0.894. The van der Waals surface area contributed by atoms with Crippen LogP contribution in [0.5, 0.6) is 0 Å². The van der Waals surface area contributed by atoms with E-state index in [0.717, 1.165) is 0 Å². The van der Waals surface area contributed by atoms with Crippen molar-refractivity contribution in [3.05, 3.63) is 0 Å². The molecule has 0 aliphatic rings. The second-order valence-electron chi connectivity index (χ2n) is 1.47. The van der Waals surface area contributed by atoms with Crippen LogP contribution in [-0.2, 0) is 9.53 Å². The maximum atomic E-state index is 10.0. The third kappa shape index (κ3) is 5.56. The lowest BCUT2D eigenvalue weighted by atomic mass is 10.3. The summed E-state index contributed by atoms with van der Waals surface area (Å²) in [6.07, 6.45) is -0.110. The van der Waals surface area contributed by atoms with E-state index < -0.39 is 12.1 Å². The number of ether oxygens (including phenoxy) is 1. The molecule has 0 saturated heterocycles. The van der Waals surface area contributed by atoms with Crippen LogP contribution < -0.4 is 0 Å². The van der Waals surface area contributed by atoms with Crippen molar-refractivity contribution in [2.45, 2.75) is 33.3 Å². The van der Waals surface area contributed by atoms with Crippen molar-refractivity contribution in [3.8, 4) is 0 Å². The number of hydrogen-bond acceptors (Lipinski definition) is 2. The van der Waals surface area contributed by atoms with Crippen molar-refractivity contribution in [2.75, 3.05) is 7.11 Å². The molecule has 0 aromatic rings. The maximum absolute atomic E-state index is 10.0. The minimum absolute atomic E-state index is 0.520. The number of carboxylic acids is 1. The number of carbonyl (C=O) groups is 1. The van der Waals surface area contributed by atoms with Gasteiger partial charge in [-0.3, -0.25) is 0 Å². The summed E-state index contributed by atoms with van der Waals surface area (Å²) in [4.78, 5) is 10.0. The molecule has 0 bridgehead atoms. The van der Waals surface area contributed by atoms with Gasteiger partial charge in [-0.1, -0.05) is 20.8 Å². The lowest BCUT2D eigenvalue weighted by Crippen LogP contribution is -2.20. The van der Waals surface area contributed by atoms with E-state index in [1.54, 1.807) is 6.92 Å². The topological polar surface area (TPSA) is 46.5 Å². The highest BCUT2D eigenvalue weighted by atomic mass is 16.5. The zero-order valence-electron chi connectivity index (χ0n) is 7.05. The largest absolute Gasteiger partial charge is 0.479 e. The summed E-state index contributed by atoms with van der Waals surface area (Å²) in [6.45, 7) is 5.77. The summed E-state index contributed by atoms with van der Waals surface area (Å²) in [5, 5.41) is 8.25. The lowest BCUT2D eigenvalue weighted by Gasteiger charge is -2.04. The third-order valence-electron chi connectivity index (χ3n) is 0.931. The molecule has 0 aromatic heterocycles. The Bertz CT molecular complexity index is 76.9. The van der Waals surface area contributed by atoms with E-state index in [-0.39, 0.29) is 0 Å². The number of rotatable bonds is 3. The van der Waals surface area contributed by atoms with Gasteiger partial charge < -0.3 is 9.84 Å². The first kappa shape index (κ1) is 12.1. The first-order chi connectivity index (χ1) is 4.72. The van der Waals surface area contributed by atoms with Crippen LogP contribution in [-0.4, -0.2) is 24.3 Å². The Morgan fingerprint density at radius 1 is 1.60 bits per heavy atom. The third-order valence-corrected chi connectivity index (χ3v) is 0.931. The van der Waals surface area contributed by atoms with E-state index in [9.17, 15) is 4.79 Å². The predicted octanol–water partition coefficient (Wildman–Crippen LogP) is 1.52. The van der Waals surface area contributed by atoms with E-state index in [1.807, 2.05) is 13.8 Å². The Labute approximate surface area is 62.0 Å². The molecule has 0 radical (unpaired) electrons. The molecule has 1 atom stereocenters. The highest BCUT2D eigenvalue weighted by Gasteiger charge is 2.11. The van der Waals surface area contributed by atoms with Gasteiger partial charge in [0, 0.05) is 7.11 Å². The van der Waals surface area contributed by atoms with Gasteiger partial charge in [-0.05, 0) is 6.42 Å². The van der Waals surface area contributed by atoms with Gasteiger partial charge in [0.15, 0.2) is 6.10 Å². The second kappa shape index (κ2) is 8.43. The fraction of sp³-hybridized carbons (Fsp3) is 0.857. The molecule has 0 heterocycles. The lowest BCUT2D eigenvalue weighted by molar-refractivity contribution is -0.148. The van der Waals surface area contributed by atoms with Gasteiger partial charge in [-0.25, -0.2) is 4.79 Å². The highest BCUT2D eigenvalue weighted by Crippen LogP contribution is 1.93. The fourth-order valence-electron chi connectivity index (χ4n) is 0.442. The Kier molecular flexibility index (Phi) is 10.2. The first-order valence-electron chi connectivity index (χ1n) is 3.48. The molecule has 0 amide bonds. The molecular weight excluding hydrogens is 132 g/mol. The van der Waals surface area contributed by atoms with E-state index in [0.29, 0.717) is 6.42 Å². The molecule has 62 valence electrons. The van der Waals surface area contributed by atoms with Crippen LogP contribution in [0.25, 0.3) is 0 Å². The summed E-state index contributed by atoms with van der Waals surface area (Å²) in [5.41, 5.74) is 0. The smallest absolute Gasteiger partial charge is 0.332 e. The van der Waals surface area contributed by atoms with Crippen LogP contribution in [0.1, 0.15) is 27.2 Å². The molecule has 0 rings (SSSR count). The zero-order valence-corrected chi connectivity index (χ0v) is 7.05. The van der Waals surface area contributed by atoms with Crippen LogP contribution in [0.15, 0.2) is 0 Å². The van der Waals surface area contributed by atoms with Gasteiger partial charge in [0.05, 0.1) is 0 Å². The average Bonchev–Trinajstić information content (AvgIpc) is 1.94. The summed E-state index contributed by atoms with van der Waals surface area (Å²) < 4.78 is 4.56. The predicted molar refractivity (Wildman–Crippen MR) is 40.1 cm³/mol. The molecule has 3 nitrogen and oxygen atoms in total. The Morgan fingerprint density at radius 2 is 2.00 bits per heavy atom.